The maximum absolute atomic E-state index is 11.7. The van der Waals surface area contributed by atoms with E-state index in [1.54, 1.807) is 13.8 Å². The Hall–Kier alpha value is -0.850. The van der Waals surface area contributed by atoms with Crippen LogP contribution in [0.4, 0.5) is 4.79 Å². The van der Waals surface area contributed by atoms with Gasteiger partial charge in [-0.05, 0) is 13.8 Å². The Morgan fingerprint density at radius 2 is 2.29 bits per heavy atom. The number of alkyl halides is 1. The smallest absolute Gasteiger partial charge is 0.417 e. The van der Waals surface area contributed by atoms with Gasteiger partial charge < -0.3 is 14.6 Å². The van der Waals surface area contributed by atoms with Crippen molar-refractivity contribution in [3.05, 3.63) is 0 Å². The van der Waals surface area contributed by atoms with Crippen molar-refractivity contribution in [2.24, 2.45) is 0 Å². The molecule has 17 heavy (non-hydrogen) atoms. The minimum Gasteiger partial charge on any atom is -0.443 e. The van der Waals surface area contributed by atoms with Crippen molar-refractivity contribution in [1.82, 2.24) is 4.90 Å². The third-order valence-corrected chi connectivity index (χ3v) is 3.37. The second-order valence-electron chi connectivity index (χ2n) is 4.68. The molecule has 2 bridgehead atoms. The Kier molecular flexibility index (Phi) is 3.05. The number of rotatable bonds is 1. The quantitative estimate of drug-likeness (QED) is 0.696. The van der Waals surface area contributed by atoms with Gasteiger partial charge in [0.2, 0.25) is 5.91 Å². The van der Waals surface area contributed by atoms with Gasteiger partial charge in [0, 0.05) is 6.42 Å². The van der Waals surface area contributed by atoms with Gasteiger partial charge in [-0.3, -0.25) is 4.79 Å². The summed E-state index contributed by atoms with van der Waals surface area (Å²) < 4.78 is 10.5. The van der Waals surface area contributed by atoms with E-state index in [1.165, 1.54) is 0 Å². The number of nitrogens with zero attached hydrogens (tertiary/aromatic N) is 1. The largest absolute Gasteiger partial charge is 0.443 e. The molecule has 2 saturated heterocycles. The normalized spacial score (nSPS) is 35.4. The molecule has 0 aromatic heterocycles. The molecule has 0 spiro atoms. The topological polar surface area (TPSA) is 76.1 Å². The SMILES string of the molecule is CC1(C)O[C@@H](O)[C@@H]2C[C@H]1OC(=O)N2C(=O)CCl. The minimum absolute atomic E-state index is 0.341. The van der Waals surface area contributed by atoms with Crippen molar-refractivity contribution >= 4 is 23.6 Å². The Morgan fingerprint density at radius 3 is 2.88 bits per heavy atom. The van der Waals surface area contributed by atoms with Crippen molar-refractivity contribution in [2.45, 2.75) is 44.3 Å². The van der Waals surface area contributed by atoms with E-state index in [-0.39, 0.29) is 5.88 Å². The molecule has 2 amide bonds. The van der Waals surface area contributed by atoms with Crippen LogP contribution in [0.2, 0.25) is 0 Å². The van der Waals surface area contributed by atoms with Crippen LogP contribution in [0.3, 0.4) is 0 Å². The van der Waals surface area contributed by atoms with Gasteiger partial charge in [0.15, 0.2) is 6.29 Å². The fraction of sp³-hybridized carbons (Fsp3) is 0.800. The molecule has 0 unspecified atom stereocenters. The summed E-state index contributed by atoms with van der Waals surface area (Å²) in [4.78, 5) is 24.0. The highest BCUT2D eigenvalue weighted by atomic mass is 35.5. The van der Waals surface area contributed by atoms with Crippen molar-refractivity contribution < 1.29 is 24.2 Å². The molecule has 0 aliphatic carbocycles. The summed E-state index contributed by atoms with van der Waals surface area (Å²) in [5.41, 5.74) is -0.762. The van der Waals surface area contributed by atoms with Gasteiger partial charge in [-0.25, -0.2) is 9.69 Å². The summed E-state index contributed by atoms with van der Waals surface area (Å²) in [6.45, 7) is 3.45. The summed E-state index contributed by atoms with van der Waals surface area (Å²) in [7, 11) is 0. The molecule has 2 aliphatic rings. The summed E-state index contributed by atoms with van der Waals surface area (Å²) >= 11 is 5.41. The van der Waals surface area contributed by atoms with E-state index in [0.717, 1.165) is 4.90 Å². The van der Waals surface area contributed by atoms with Gasteiger partial charge >= 0.3 is 6.09 Å². The van der Waals surface area contributed by atoms with Gasteiger partial charge in [-0.2, -0.15) is 0 Å². The molecule has 1 N–H and O–H groups in total. The van der Waals surface area contributed by atoms with E-state index in [4.69, 9.17) is 21.1 Å². The predicted molar refractivity (Wildman–Crippen MR) is 57.4 cm³/mol. The van der Waals surface area contributed by atoms with Crippen LogP contribution in [0.1, 0.15) is 20.3 Å². The maximum atomic E-state index is 11.7. The molecule has 3 atom stereocenters. The van der Waals surface area contributed by atoms with Crippen molar-refractivity contribution in [2.75, 3.05) is 5.88 Å². The van der Waals surface area contributed by atoms with E-state index in [0.29, 0.717) is 6.42 Å². The molecule has 7 heteroatoms. The van der Waals surface area contributed by atoms with Gasteiger partial charge in [-0.15, -0.1) is 11.6 Å². The third-order valence-electron chi connectivity index (χ3n) is 3.14. The molecular formula is C10H14ClNO5. The minimum atomic E-state index is -1.21. The third kappa shape index (κ3) is 2.00. The van der Waals surface area contributed by atoms with Gasteiger partial charge in [-0.1, -0.05) is 0 Å². The monoisotopic (exact) mass is 263 g/mol. The number of amides is 2. The van der Waals surface area contributed by atoms with E-state index in [1.807, 2.05) is 0 Å². The lowest BCUT2D eigenvalue weighted by atomic mass is 9.89. The lowest BCUT2D eigenvalue weighted by Gasteiger charge is -2.50. The van der Waals surface area contributed by atoms with Crippen LogP contribution in [0, 0.1) is 0 Å². The molecule has 96 valence electrons. The average molecular weight is 264 g/mol. The number of hydrogen-bond donors (Lipinski definition) is 1. The second-order valence-corrected chi connectivity index (χ2v) is 4.95. The predicted octanol–water partition coefficient (Wildman–Crippen LogP) is 0.458. The van der Waals surface area contributed by atoms with Crippen molar-refractivity contribution in [3.63, 3.8) is 0 Å². The van der Waals surface area contributed by atoms with Gasteiger partial charge in [0.05, 0.1) is 6.04 Å². The molecule has 6 nitrogen and oxygen atoms in total. The van der Waals surface area contributed by atoms with E-state index >= 15 is 0 Å². The summed E-state index contributed by atoms with van der Waals surface area (Å²) in [6, 6.07) is -0.722. The van der Waals surface area contributed by atoms with E-state index < -0.39 is 36.0 Å². The van der Waals surface area contributed by atoms with Crippen LogP contribution >= 0.6 is 11.6 Å². The summed E-state index contributed by atoms with van der Waals surface area (Å²) in [6.07, 6.45) is -2.10. The Morgan fingerprint density at radius 1 is 1.65 bits per heavy atom. The zero-order valence-corrected chi connectivity index (χ0v) is 10.3. The standard InChI is InChI=1S/C10H14ClNO5/c1-10(2)6-3-5(8(14)17-10)12(7(13)4-11)9(15)16-6/h5-6,8,14H,3-4H2,1-2H3/t5-,6+,8+/m0/s1. The van der Waals surface area contributed by atoms with E-state index in [9.17, 15) is 14.7 Å². The molecule has 2 heterocycles. The van der Waals surface area contributed by atoms with Crippen molar-refractivity contribution in [3.8, 4) is 0 Å². The Balaban J connectivity index is 2.27. The summed E-state index contributed by atoms with van der Waals surface area (Å²) in [5.74, 6) is -0.936. The maximum Gasteiger partial charge on any atom is 0.417 e. The van der Waals surface area contributed by atoms with Crippen LogP contribution in [-0.4, -0.2) is 51.9 Å². The van der Waals surface area contributed by atoms with Crippen molar-refractivity contribution in [1.29, 1.82) is 0 Å². The van der Waals surface area contributed by atoms with Crippen LogP contribution < -0.4 is 0 Å². The number of aliphatic hydroxyl groups excluding tert-OH is 1. The first kappa shape index (κ1) is 12.6. The molecule has 0 aromatic rings. The van der Waals surface area contributed by atoms with Crippen LogP contribution in [0.5, 0.6) is 0 Å². The fourth-order valence-corrected chi connectivity index (χ4v) is 2.30. The number of fused-ring (bicyclic) bond motifs is 2. The highest BCUT2D eigenvalue weighted by molar-refractivity contribution is 6.28. The number of ether oxygens (including phenoxy) is 2. The molecule has 0 saturated carbocycles. The Labute approximate surface area is 103 Å². The lowest BCUT2D eigenvalue weighted by molar-refractivity contribution is -0.276. The second kappa shape index (κ2) is 4.12. The average Bonchev–Trinajstić information content (AvgIpc) is 2.24. The highest BCUT2D eigenvalue weighted by Crippen LogP contribution is 2.36. The number of carbonyl (C=O) groups excluding carboxylic acids is 2. The number of aliphatic hydroxyl groups is 1. The number of halogens is 1. The van der Waals surface area contributed by atoms with Gasteiger partial charge in [0.1, 0.15) is 17.6 Å². The first-order valence-corrected chi connectivity index (χ1v) is 5.85. The molecule has 0 radical (unpaired) electrons. The summed E-state index contributed by atoms with van der Waals surface area (Å²) in [5, 5.41) is 9.82. The number of hydrogen-bond acceptors (Lipinski definition) is 5. The zero-order valence-electron chi connectivity index (χ0n) is 9.55. The van der Waals surface area contributed by atoms with Crippen LogP contribution in [0.15, 0.2) is 0 Å². The molecule has 2 rings (SSSR count). The van der Waals surface area contributed by atoms with Crippen LogP contribution in [-0.2, 0) is 14.3 Å². The highest BCUT2D eigenvalue weighted by Gasteiger charge is 2.53. The van der Waals surface area contributed by atoms with Crippen LogP contribution in [0.25, 0.3) is 0 Å². The number of imide groups is 1. The van der Waals surface area contributed by atoms with E-state index in [2.05, 4.69) is 0 Å². The molecule has 0 aromatic carbocycles. The Bertz CT molecular complexity index is 359. The first-order valence-electron chi connectivity index (χ1n) is 5.31. The molecular weight excluding hydrogens is 250 g/mol. The lowest BCUT2D eigenvalue weighted by Crippen LogP contribution is -2.66. The number of carbonyl (C=O) groups is 2. The fourth-order valence-electron chi connectivity index (χ4n) is 2.17. The molecule has 2 fully saturated rings. The molecule has 2 aliphatic heterocycles. The zero-order chi connectivity index (χ0) is 12.8. The first-order chi connectivity index (χ1) is 7.86. The van der Waals surface area contributed by atoms with Gasteiger partial charge in [0.25, 0.3) is 0 Å².